The monoisotopic (exact) mass is 332 g/mol. The van der Waals surface area contributed by atoms with Crippen molar-refractivity contribution in [3.8, 4) is 5.88 Å². The van der Waals surface area contributed by atoms with Crippen molar-refractivity contribution in [2.24, 2.45) is 7.05 Å². The van der Waals surface area contributed by atoms with Crippen LogP contribution in [0.1, 0.15) is 11.3 Å². The molecule has 0 spiro atoms. The summed E-state index contributed by atoms with van der Waals surface area (Å²) in [5.74, 6) is -2.78. The summed E-state index contributed by atoms with van der Waals surface area (Å²) in [5.41, 5.74) is -3.00. The minimum absolute atomic E-state index is 0. The van der Waals surface area contributed by atoms with Gasteiger partial charge >= 0.3 is 42.3 Å². The first kappa shape index (κ1) is 19.6. The summed E-state index contributed by atoms with van der Waals surface area (Å²) < 4.78 is 97.3. The first-order valence-corrected chi connectivity index (χ1v) is 6.01. The maximum Gasteiger partial charge on any atom is 1.00 e. The third-order valence-electron chi connectivity index (χ3n) is 1.88. The molecule has 0 aliphatic rings. The second kappa shape index (κ2) is 6.56. The molecule has 1 aromatic heterocycles. The van der Waals surface area contributed by atoms with E-state index < -0.39 is 45.8 Å². The van der Waals surface area contributed by atoms with Crippen LogP contribution in [0.15, 0.2) is 0 Å². The molecule has 110 valence electrons. The summed E-state index contributed by atoms with van der Waals surface area (Å²) >= 11 is 0. The van der Waals surface area contributed by atoms with Gasteiger partial charge in [-0.2, -0.15) is 27.1 Å². The van der Waals surface area contributed by atoms with Gasteiger partial charge in [-0.05, 0) is 0 Å². The standard InChI is InChI=1S/C7H7F5N2O4S.Na/c1-14-5(18-6(8)9)3(2-19(15,16)17)4(13-14)7(10,11)12;/h6H,2H2,1H3,(H,15,16,17);/q;+1/p-1. The van der Waals surface area contributed by atoms with E-state index in [1.54, 1.807) is 0 Å². The Kier molecular flexibility index (Phi) is 6.42. The molecule has 0 bridgehead atoms. The predicted molar refractivity (Wildman–Crippen MR) is 48.2 cm³/mol. The van der Waals surface area contributed by atoms with Crippen LogP contribution in [0.25, 0.3) is 0 Å². The molecule has 0 aromatic carbocycles. The number of alkyl halides is 5. The fourth-order valence-electron chi connectivity index (χ4n) is 1.32. The number of aryl methyl sites for hydroxylation is 1. The van der Waals surface area contributed by atoms with Gasteiger partial charge in [-0.25, -0.2) is 13.1 Å². The number of aromatic nitrogens is 2. The van der Waals surface area contributed by atoms with Crippen molar-refractivity contribution in [3.05, 3.63) is 11.3 Å². The van der Waals surface area contributed by atoms with E-state index in [0.29, 0.717) is 0 Å². The molecule has 1 rings (SSSR count). The minimum atomic E-state index is -5.13. The minimum Gasteiger partial charge on any atom is -0.748 e. The Morgan fingerprint density at radius 3 is 2.25 bits per heavy atom. The molecule has 0 atom stereocenters. The molecule has 0 aliphatic heterocycles. The molecule has 0 N–H and O–H groups in total. The summed E-state index contributed by atoms with van der Waals surface area (Å²) in [7, 11) is -4.29. The van der Waals surface area contributed by atoms with Crippen molar-refractivity contribution in [2.45, 2.75) is 18.5 Å². The summed E-state index contributed by atoms with van der Waals surface area (Å²) in [6.45, 7) is -3.50. The molecular formula is C7H6F5N2NaO4S. The number of halogens is 5. The van der Waals surface area contributed by atoms with E-state index in [9.17, 15) is 34.9 Å². The first-order valence-electron chi connectivity index (χ1n) is 4.43. The van der Waals surface area contributed by atoms with Gasteiger partial charge in [-0.15, -0.1) is 0 Å². The molecule has 0 aliphatic carbocycles. The zero-order valence-corrected chi connectivity index (χ0v) is 12.9. The van der Waals surface area contributed by atoms with Gasteiger partial charge in [0.2, 0.25) is 5.88 Å². The fraction of sp³-hybridized carbons (Fsp3) is 0.571. The van der Waals surface area contributed by atoms with Gasteiger partial charge in [0.15, 0.2) is 5.69 Å². The van der Waals surface area contributed by atoms with E-state index in [4.69, 9.17) is 0 Å². The van der Waals surface area contributed by atoms with Crippen LogP contribution >= 0.6 is 0 Å². The average Bonchev–Trinajstić information content (AvgIpc) is 2.42. The van der Waals surface area contributed by atoms with Gasteiger partial charge in [0.05, 0.1) is 21.4 Å². The van der Waals surface area contributed by atoms with Crippen molar-refractivity contribution in [1.82, 2.24) is 9.78 Å². The molecule has 0 amide bonds. The Balaban J connectivity index is 0.00000361. The third-order valence-corrected chi connectivity index (χ3v) is 2.52. The van der Waals surface area contributed by atoms with Crippen LogP contribution in [0, 0.1) is 0 Å². The summed E-state index contributed by atoms with van der Waals surface area (Å²) in [5, 5.41) is 2.85. The van der Waals surface area contributed by atoms with Crippen molar-refractivity contribution in [3.63, 3.8) is 0 Å². The fourth-order valence-corrected chi connectivity index (χ4v) is 1.93. The Labute approximate surface area is 131 Å². The first-order chi connectivity index (χ1) is 8.42. The van der Waals surface area contributed by atoms with E-state index in [1.807, 2.05) is 0 Å². The normalized spacial score (nSPS) is 12.4. The zero-order chi connectivity index (χ0) is 15.0. The number of ether oxygens (including phenoxy) is 1. The zero-order valence-electron chi connectivity index (χ0n) is 10.1. The van der Waals surface area contributed by atoms with Crippen LogP contribution < -0.4 is 34.3 Å². The molecular weight excluding hydrogens is 326 g/mol. The van der Waals surface area contributed by atoms with E-state index in [1.165, 1.54) is 0 Å². The molecule has 13 heteroatoms. The molecule has 0 unspecified atom stereocenters. The van der Waals surface area contributed by atoms with Crippen LogP contribution in [0.2, 0.25) is 0 Å². The van der Waals surface area contributed by atoms with Crippen LogP contribution in [-0.2, 0) is 29.1 Å². The van der Waals surface area contributed by atoms with E-state index in [-0.39, 0.29) is 34.2 Å². The van der Waals surface area contributed by atoms with Crippen LogP contribution in [-0.4, -0.2) is 29.4 Å². The maximum atomic E-state index is 12.5. The predicted octanol–water partition coefficient (Wildman–Crippen LogP) is -1.91. The topological polar surface area (TPSA) is 84.2 Å². The molecule has 0 saturated carbocycles. The van der Waals surface area contributed by atoms with Crippen molar-refractivity contribution < 1.29 is 69.2 Å². The summed E-state index contributed by atoms with van der Waals surface area (Å²) in [4.78, 5) is 0. The van der Waals surface area contributed by atoms with Gasteiger partial charge in [-0.3, -0.25) is 0 Å². The summed E-state index contributed by atoms with van der Waals surface area (Å²) in [6.07, 6.45) is -5.11. The second-order valence-corrected chi connectivity index (χ2v) is 4.74. The van der Waals surface area contributed by atoms with Crippen LogP contribution in [0.5, 0.6) is 5.88 Å². The van der Waals surface area contributed by atoms with Gasteiger partial charge in [0, 0.05) is 7.05 Å². The second-order valence-electron chi connectivity index (χ2n) is 3.33. The number of hydrogen-bond acceptors (Lipinski definition) is 5. The number of nitrogens with zero attached hydrogens (tertiary/aromatic N) is 2. The smallest absolute Gasteiger partial charge is 0.748 e. The Morgan fingerprint density at radius 2 is 1.90 bits per heavy atom. The van der Waals surface area contributed by atoms with Crippen molar-refractivity contribution in [1.29, 1.82) is 0 Å². The quantitative estimate of drug-likeness (QED) is 0.365. The maximum absolute atomic E-state index is 12.5. The Bertz CT molecular complexity index is 571. The van der Waals surface area contributed by atoms with Gasteiger partial charge < -0.3 is 9.29 Å². The molecule has 6 nitrogen and oxygen atoms in total. The van der Waals surface area contributed by atoms with Gasteiger partial charge in [-0.1, -0.05) is 0 Å². The van der Waals surface area contributed by atoms with E-state index >= 15 is 0 Å². The molecule has 1 aromatic rings. The Hall–Kier alpha value is -0.430. The van der Waals surface area contributed by atoms with Gasteiger partial charge in [0.25, 0.3) is 0 Å². The average molecular weight is 332 g/mol. The van der Waals surface area contributed by atoms with Crippen LogP contribution in [0.4, 0.5) is 22.0 Å². The molecule has 20 heavy (non-hydrogen) atoms. The third kappa shape index (κ3) is 5.16. The molecule has 0 fully saturated rings. The molecule has 0 saturated heterocycles. The molecule has 1 heterocycles. The molecule has 0 radical (unpaired) electrons. The van der Waals surface area contributed by atoms with Gasteiger partial charge in [0.1, 0.15) is 0 Å². The van der Waals surface area contributed by atoms with Crippen LogP contribution in [0.3, 0.4) is 0 Å². The van der Waals surface area contributed by atoms with E-state index in [0.717, 1.165) is 7.05 Å². The SMILES string of the molecule is Cn1nc(C(F)(F)F)c(CS(=O)(=O)[O-])c1OC(F)F.[Na+]. The number of rotatable bonds is 4. The van der Waals surface area contributed by atoms with E-state index in [2.05, 4.69) is 9.84 Å². The number of hydrogen-bond donors (Lipinski definition) is 0. The largest absolute Gasteiger partial charge is 1.00 e. The summed E-state index contributed by atoms with van der Waals surface area (Å²) in [6, 6.07) is 0. The Morgan fingerprint density at radius 1 is 1.40 bits per heavy atom. The van der Waals surface area contributed by atoms with Crippen molar-refractivity contribution in [2.75, 3.05) is 0 Å². The van der Waals surface area contributed by atoms with Crippen molar-refractivity contribution >= 4 is 10.1 Å².